The number of nitrogens with zero attached hydrogens (tertiary/aromatic N) is 2. The van der Waals surface area contributed by atoms with Crippen LogP contribution in [0.3, 0.4) is 0 Å². The van der Waals surface area contributed by atoms with E-state index < -0.39 is 0 Å². The molecule has 1 aromatic rings. The number of carbonyl (C=O) groups is 1. The largest absolute Gasteiger partial charge is 0.314 e. The summed E-state index contributed by atoms with van der Waals surface area (Å²) in [5.74, 6) is 0.249. The highest BCUT2D eigenvalue weighted by Gasteiger charge is 2.21. The molecule has 1 aliphatic rings. The van der Waals surface area contributed by atoms with Gasteiger partial charge < -0.3 is 5.32 Å². The van der Waals surface area contributed by atoms with Gasteiger partial charge in [0, 0.05) is 25.4 Å². The van der Waals surface area contributed by atoms with Crippen LogP contribution < -0.4 is 5.32 Å². The van der Waals surface area contributed by atoms with Gasteiger partial charge in [0.15, 0.2) is 0 Å². The topological polar surface area (TPSA) is 46.9 Å². The van der Waals surface area contributed by atoms with Crippen LogP contribution in [0, 0.1) is 0 Å². The van der Waals surface area contributed by atoms with Gasteiger partial charge in [-0.05, 0) is 32.7 Å². The summed E-state index contributed by atoms with van der Waals surface area (Å²) < 4.78 is 1.86. The number of ketones is 1. The zero-order valence-corrected chi connectivity index (χ0v) is 12.5. The van der Waals surface area contributed by atoms with Gasteiger partial charge in [-0.1, -0.05) is 18.5 Å². The molecule has 2 rings (SSSR count). The van der Waals surface area contributed by atoms with Crippen molar-refractivity contribution < 1.29 is 4.79 Å². The number of Topliss-reactive ketones (excluding diaryl/α,β-unsaturated/α-hetero) is 1. The molecular weight excluding hydrogens is 262 g/mol. The van der Waals surface area contributed by atoms with Gasteiger partial charge in [0.1, 0.15) is 5.78 Å². The number of carbonyl (C=O) groups excluding carboxylic acids is 1. The maximum absolute atomic E-state index is 12.1. The van der Waals surface area contributed by atoms with Crippen molar-refractivity contribution >= 4 is 17.4 Å². The predicted octanol–water partition coefficient (Wildman–Crippen LogP) is 2.37. The van der Waals surface area contributed by atoms with E-state index in [1.807, 2.05) is 18.5 Å². The average Bonchev–Trinajstić information content (AvgIpc) is 2.99. The van der Waals surface area contributed by atoms with Crippen LogP contribution >= 0.6 is 11.6 Å². The monoisotopic (exact) mass is 283 g/mol. The Hall–Kier alpha value is -0.870. The third-order valence-electron chi connectivity index (χ3n) is 3.70. The number of rotatable bonds is 6. The molecule has 1 unspecified atom stereocenters. The molecule has 1 atom stereocenters. The first-order valence-electron chi connectivity index (χ1n) is 7.14. The molecule has 0 bridgehead atoms. The Morgan fingerprint density at radius 1 is 1.53 bits per heavy atom. The average molecular weight is 284 g/mol. The standard InChI is InChI=1S/C14H22ClN3O/c1-3-12-14(15)13(18(4-2)17-12)9-11(19)8-10-6-5-7-16-10/h10,16H,3-9H2,1-2H3. The minimum atomic E-state index is 0.249. The van der Waals surface area contributed by atoms with Crippen LogP contribution in [-0.2, 0) is 24.2 Å². The number of hydrogen-bond acceptors (Lipinski definition) is 3. The Morgan fingerprint density at radius 3 is 2.89 bits per heavy atom. The molecule has 1 fully saturated rings. The predicted molar refractivity (Wildman–Crippen MR) is 76.6 cm³/mol. The summed E-state index contributed by atoms with van der Waals surface area (Å²) in [4.78, 5) is 12.1. The molecule has 1 aliphatic heterocycles. The van der Waals surface area contributed by atoms with Crippen LogP contribution in [0.15, 0.2) is 0 Å². The van der Waals surface area contributed by atoms with E-state index in [4.69, 9.17) is 11.6 Å². The van der Waals surface area contributed by atoms with E-state index >= 15 is 0 Å². The van der Waals surface area contributed by atoms with Crippen LogP contribution in [0.25, 0.3) is 0 Å². The molecule has 0 aliphatic carbocycles. The van der Waals surface area contributed by atoms with Gasteiger partial charge >= 0.3 is 0 Å². The smallest absolute Gasteiger partial charge is 0.140 e. The Labute approximate surface area is 119 Å². The van der Waals surface area contributed by atoms with E-state index in [9.17, 15) is 4.79 Å². The SMILES string of the molecule is CCc1nn(CC)c(CC(=O)CC2CCCN2)c1Cl. The molecule has 0 aromatic carbocycles. The highest BCUT2D eigenvalue weighted by Crippen LogP contribution is 2.23. The summed E-state index contributed by atoms with van der Waals surface area (Å²) in [6.45, 7) is 5.84. The maximum atomic E-state index is 12.1. The van der Waals surface area contributed by atoms with Crippen LogP contribution in [0.2, 0.25) is 5.02 Å². The van der Waals surface area contributed by atoms with Gasteiger partial charge in [-0.3, -0.25) is 9.48 Å². The van der Waals surface area contributed by atoms with E-state index in [-0.39, 0.29) is 5.78 Å². The molecule has 106 valence electrons. The van der Waals surface area contributed by atoms with E-state index in [0.717, 1.165) is 37.3 Å². The number of hydrogen-bond donors (Lipinski definition) is 1. The van der Waals surface area contributed by atoms with Crippen molar-refractivity contribution in [3.8, 4) is 0 Å². The molecule has 1 aromatic heterocycles. The molecule has 0 saturated carbocycles. The van der Waals surface area contributed by atoms with Gasteiger partial charge in [0.2, 0.25) is 0 Å². The third-order valence-corrected chi connectivity index (χ3v) is 4.13. The van der Waals surface area contributed by atoms with E-state index in [1.54, 1.807) is 0 Å². The van der Waals surface area contributed by atoms with E-state index in [2.05, 4.69) is 10.4 Å². The Morgan fingerprint density at radius 2 is 2.32 bits per heavy atom. The summed E-state index contributed by atoms with van der Waals surface area (Å²) >= 11 is 6.32. The van der Waals surface area contributed by atoms with E-state index in [0.29, 0.717) is 23.9 Å². The van der Waals surface area contributed by atoms with Crippen LogP contribution in [0.4, 0.5) is 0 Å². The van der Waals surface area contributed by atoms with Gasteiger partial charge in [-0.15, -0.1) is 0 Å². The summed E-state index contributed by atoms with van der Waals surface area (Å²) in [5.41, 5.74) is 1.77. The van der Waals surface area contributed by atoms with Crippen LogP contribution in [0.5, 0.6) is 0 Å². The van der Waals surface area contributed by atoms with Crippen molar-refractivity contribution in [2.45, 2.75) is 58.5 Å². The number of halogens is 1. The van der Waals surface area contributed by atoms with Gasteiger partial charge in [-0.2, -0.15) is 5.10 Å². The van der Waals surface area contributed by atoms with Crippen molar-refractivity contribution in [2.75, 3.05) is 6.54 Å². The van der Waals surface area contributed by atoms with Crippen LogP contribution in [-0.4, -0.2) is 28.2 Å². The summed E-state index contributed by atoms with van der Waals surface area (Å²) in [6.07, 6.45) is 4.08. The normalized spacial score (nSPS) is 19.0. The molecule has 19 heavy (non-hydrogen) atoms. The second-order valence-electron chi connectivity index (χ2n) is 5.09. The lowest BCUT2D eigenvalue weighted by molar-refractivity contribution is -0.118. The lowest BCUT2D eigenvalue weighted by Gasteiger charge is -2.09. The fourth-order valence-electron chi connectivity index (χ4n) is 2.65. The first-order chi connectivity index (χ1) is 9.15. The summed E-state index contributed by atoms with van der Waals surface area (Å²) in [6, 6.07) is 0.356. The first kappa shape index (κ1) is 14.5. The molecule has 4 nitrogen and oxygen atoms in total. The minimum absolute atomic E-state index is 0.249. The molecule has 5 heteroatoms. The summed E-state index contributed by atoms with van der Waals surface area (Å²) in [7, 11) is 0. The van der Waals surface area contributed by atoms with Crippen molar-refractivity contribution in [1.29, 1.82) is 0 Å². The lowest BCUT2D eigenvalue weighted by Crippen LogP contribution is -2.25. The van der Waals surface area contributed by atoms with Crippen molar-refractivity contribution in [3.05, 3.63) is 16.4 Å². The number of aryl methyl sites for hydroxylation is 2. The Kier molecular flexibility index (Phi) is 4.99. The molecule has 1 saturated heterocycles. The lowest BCUT2D eigenvalue weighted by atomic mass is 10.1. The van der Waals surface area contributed by atoms with E-state index in [1.165, 1.54) is 6.42 Å². The molecule has 0 amide bonds. The second kappa shape index (κ2) is 6.53. The molecule has 1 N–H and O–H groups in total. The van der Waals surface area contributed by atoms with Gasteiger partial charge in [-0.25, -0.2) is 0 Å². The van der Waals surface area contributed by atoms with Gasteiger partial charge in [0.05, 0.1) is 16.4 Å². The quantitative estimate of drug-likeness (QED) is 0.872. The van der Waals surface area contributed by atoms with Crippen molar-refractivity contribution in [3.63, 3.8) is 0 Å². The Balaban J connectivity index is 2.04. The number of aromatic nitrogens is 2. The summed E-state index contributed by atoms with van der Waals surface area (Å²) in [5, 5.41) is 8.48. The number of nitrogens with one attached hydrogen (secondary N) is 1. The van der Waals surface area contributed by atoms with Crippen LogP contribution in [0.1, 0.15) is 44.5 Å². The van der Waals surface area contributed by atoms with Crippen molar-refractivity contribution in [2.24, 2.45) is 0 Å². The second-order valence-corrected chi connectivity index (χ2v) is 5.47. The molecule has 0 spiro atoms. The minimum Gasteiger partial charge on any atom is -0.314 e. The zero-order valence-electron chi connectivity index (χ0n) is 11.7. The highest BCUT2D eigenvalue weighted by molar-refractivity contribution is 6.32. The molecule has 2 heterocycles. The first-order valence-corrected chi connectivity index (χ1v) is 7.52. The highest BCUT2D eigenvalue weighted by atomic mass is 35.5. The molecular formula is C14H22ClN3O. The zero-order chi connectivity index (χ0) is 13.8. The maximum Gasteiger partial charge on any atom is 0.140 e. The van der Waals surface area contributed by atoms with Gasteiger partial charge in [0.25, 0.3) is 0 Å². The fourth-order valence-corrected chi connectivity index (χ4v) is 2.99. The fraction of sp³-hybridized carbons (Fsp3) is 0.714. The molecule has 0 radical (unpaired) electrons. The van der Waals surface area contributed by atoms with Crippen molar-refractivity contribution in [1.82, 2.24) is 15.1 Å². The Bertz CT molecular complexity index is 450. The third kappa shape index (κ3) is 3.37.